The molecular formula is C15H28N4O2. The number of aliphatic hydroxyl groups is 1. The van der Waals surface area contributed by atoms with Gasteiger partial charge in [-0.1, -0.05) is 13.8 Å². The van der Waals surface area contributed by atoms with Crippen LogP contribution in [0.1, 0.15) is 38.1 Å². The molecular weight excluding hydrogens is 268 g/mol. The Morgan fingerprint density at radius 1 is 1.38 bits per heavy atom. The molecule has 0 aliphatic heterocycles. The molecule has 1 atom stereocenters. The summed E-state index contributed by atoms with van der Waals surface area (Å²) < 4.78 is 1.95. The van der Waals surface area contributed by atoms with Crippen molar-refractivity contribution in [3.63, 3.8) is 0 Å². The van der Waals surface area contributed by atoms with E-state index in [0.717, 1.165) is 24.4 Å². The molecule has 0 aliphatic rings. The van der Waals surface area contributed by atoms with Gasteiger partial charge in [-0.2, -0.15) is 5.10 Å². The van der Waals surface area contributed by atoms with Crippen molar-refractivity contribution in [3.05, 3.63) is 17.5 Å². The number of aryl methyl sites for hydroxylation is 3. The van der Waals surface area contributed by atoms with E-state index in [1.807, 2.05) is 38.4 Å². The lowest BCUT2D eigenvalue weighted by Gasteiger charge is -2.14. The Morgan fingerprint density at radius 3 is 2.67 bits per heavy atom. The van der Waals surface area contributed by atoms with Gasteiger partial charge in [-0.15, -0.1) is 0 Å². The first kappa shape index (κ1) is 17.5. The zero-order valence-corrected chi connectivity index (χ0v) is 13.5. The van der Waals surface area contributed by atoms with Crippen LogP contribution in [-0.4, -0.2) is 40.1 Å². The van der Waals surface area contributed by atoms with Crippen LogP contribution in [-0.2, 0) is 6.54 Å². The van der Waals surface area contributed by atoms with Crippen LogP contribution in [0.25, 0.3) is 0 Å². The minimum Gasteiger partial charge on any atom is -0.391 e. The van der Waals surface area contributed by atoms with E-state index in [2.05, 4.69) is 15.7 Å². The molecule has 1 rings (SSSR count). The van der Waals surface area contributed by atoms with Crippen molar-refractivity contribution in [2.24, 2.45) is 5.92 Å². The van der Waals surface area contributed by atoms with Crippen molar-refractivity contribution in [1.29, 1.82) is 0 Å². The number of hydrogen-bond donors (Lipinski definition) is 3. The molecule has 3 N–H and O–H groups in total. The molecule has 0 aliphatic carbocycles. The maximum Gasteiger partial charge on any atom is 0.314 e. The highest BCUT2D eigenvalue weighted by atomic mass is 16.3. The number of amides is 2. The second-order valence-electron chi connectivity index (χ2n) is 5.92. The summed E-state index contributed by atoms with van der Waals surface area (Å²) in [6.45, 7) is 9.75. The fourth-order valence-corrected chi connectivity index (χ4v) is 2.23. The van der Waals surface area contributed by atoms with Crippen molar-refractivity contribution in [2.45, 2.75) is 53.2 Å². The highest BCUT2D eigenvalue weighted by molar-refractivity contribution is 5.73. The summed E-state index contributed by atoms with van der Waals surface area (Å²) in [7, 11) is 0. The summed E-state index contributed by atoms with van der Waals surface area (Å²) in [5, 5.41) is 19.5. The maximum absolute atomic E-state index is 11.6. The van der Waals surface area contributed by atoms with Crippen molar-refractivity contribution < 1.29 is 9.90 Å². The molecule has 6 heteroatoms. The van der Waals surface area contributed by atoms with Gasteiger partial charge in [0.1, 0.15) is 0 Å². The topological polar surface area (TPSA) is 79.2 Å². The third-order valence-corrected chi connectivity index (χ3v) is 3.18. The van der Waals surface area contributed by atoms with Gasteiger partial charge in [0.15, 0.2) is 0 Å². The lowest BCUT2D eigenvalue weighted by molar-refractivity contribution is 0.147. The lowest BCUT2D eigenvalue weighted by Crippen LogP contribution is -2.40. The molecule has 120 valence electrons. The van der Waals surface area contributed by atoms with Gasteiger partial charge in [-0.3, -0.25) is 4.68 Å². The summed E-state index contributed by atoms with van der Waals surface area (Å²) in [5.41, 5.74) is 2.14. The Labute approximate surface area is 126 Å². The number of hydrogen-bond acceptors (Lipinski definition) is 3. The Balaban J connectivity index is 2.12. The van der Waals surface area contributed by atoms with Crippen molar-refractivity contribution in [1.82, 2.24) is 20.4 Å². The smallest absolute Gasteiger partial charge is 0.314 e. The predicted octanol–water partition coefficient (Wildman–Crippen LogP) is 1.60. The average molecular weight is 296 g/mol. The molecule has 1 aromatic heterocycles. The van der Waals surface area contributed by atoms with E-state index in [4.69, 9.17) is 0 Å². The van der Waals surface area contributed by atoms with Gasteiger partial charge in [0, 0.05) is 25.3 Å². The molecule has 1 aromatic rings. The Bertz CT molecular complexity index is 443. The Morgan fingerprint density at radius 2 is 2.10 bits per heavy atom. The number of urea groups is 1. The van der Waals surface area contributed by atoms with Gasteiger partial charge >= 0.3 is 6.03 Å². The van der Waals surface area contributed by atoms with Crippen molar-refractivity contribution in [3.8, 4) is 0 Å². The molecule has 0 saturated carbocycles. The minimum atomic E-state index is -0.481. The monoisotopic (exact) mass is 296 g/mol. The van der Waals surface area contributed by atoms with E-state index in [1.54, 1.807) is 0 Å². The van der Waals surface area contributed by atoms with Gasteiger partial charge in [0.2, 0.25) is 0 Å². The summed E-state index contributed by atoms with van der Waals surface area (Å²) in [5.74, 6) is 0.422. The third kappa shape index (κ3) is 7.13. The number of carbonyl (C=O) groups excluding carboxylic acids is 1. The largest absolute Gasteiger partial charge is 0.391 e. The number of carbonyl (C=O) groups is 1. The zero-order chi connectivity index (χ0) is 15.8. The molecule has 0 saturated heterocycles. The Kier molecular flexibility index (Phi) is 7.22. The molecule has 0 radical (unpaired) electrons. The van der Waals surface area contributed by atoms with Crippen molar-refractivity contribution in [2.75, 3.05) is 13.1 Å². The van der Waals surface area contributed by atoms with E-state index in [9.17, 15) is 9.90 Å². The normalized spacial score (nSPS) is 12.5. The van der Waals surface area contributed by atoms with Crippen LogP contribution in [0, 0.1) is 19.8 Å². The zero-order valence-electron chi connectivity index (χ0n) is 13.5. The highest BCUT2D eigenvalue weighted by Gasteiger charge is 2.08. The van der Waals surface area contributed by atoms with Gasteiger partial charge in [-0.05, 0) is 38.7 Å². The maximum atomic E-state index is 11.6. The lowest BCUT2D eigenvalue weighted by atomic mass is 10.1. The van der Waals surface area contributed by atoms with E-state index < -0.39 is 6.10 Å². The molecule has 0 aromatic carbocycles. The quantitative estimate of drug-likeness (QED) is 0.637. The van der Waals surface area contributed by atoms with Crippen LogP contribution >= 0.6 is 0 Å². The second-order valence-corrected chi connectivity index (χ2v) is 5.92. The predicted molar refractivity (Wildman–Crippen MR) is 83.2 cm³/mol. The third-order valence-electron chi connectivity index (χ3n) is 3.18. The second kappa shape index (κ2) is 8.67. The van der Waals surface area contributed by atoms with Crippen molar-refractivity contribution >= 4 is 6.03 Å². The minimum absolute atomic E-state index is 0.230. The van der Waals surface area contributed by atoms with Crippen LogP contribution in [0.4, 0.5) is 4.79 Å². The summed E-state index contributed by atoms with van der Waals surface area (Å²) in [6.07, 6.45) is 1.03. The van der Waals surface area contributed by atoms with Gasteiger partial charge in [-0.25, -0.2) is 4.79 Å². The van der Waals surface area contributed by atoms with Crippen LogP contribution in [0.15, 0.2) is 6.07 Å². The summed E-state index contributed by atoms with van der Waals surface area (Å²) in [6, 6.07) is 1.81. The van der Waals surface area contributed by atoms with Gasteiger partial charge in [0.25, 0.3) is 0 Å². The van der Waals surface area contributed by atoms with Crippen LogP contribution in [0.3, 0.4) is 0 Å². The molecule has 1 unspecified atom stereocenters. The Hall–Kier alpha value is -1.56. The molecule has 6 nitrogen and oxygen atoms in total. The molecule has 0 spiro atoms. The number of rotatable bonds is 8. The molecule has 2 amide bonds. The molecule has 1 heterocycles. The fraction of sp³-hybridized carbons (Fsp3) is 0.733. The van der Waals surface area contributed by atoms with Gasteiger partial charge < -0.3 is 15.7 Å². The fourth-order valence-electron chi connectivity index (χ4n) is 2.23. The number of nitrogens with one attached hydrogen (secondary N) is 2. The number of aromatic nitrogens is 2. The highest BCUT2D eigenvalue weighted by Crippen LogP contribution is 2.03. The first-order valence-corrected chi connectivity index (χ1v) is 7.59. The van der Waals surface area contributed by atoms with Gasteiger partial charge in [0.05, 0.1) is 11.8 Å². The molecule has 0 bridgehead atoms. The first-order chi connectivity index (χ1) is 9.88. The summed E-state index contributed by atoms with van der Waals surface area (Å²) >= 11 is 0. The number of aliphatic hydroxyl groups excluding tert-OH is 1. The molecule has 21 heavy (non-hydrogen) atoms. The van der Waals surface area contributed by atoms with E-state index in [-0.39, 0.29) is 6.03 Å². The number of nitrogens with zero attached hydrogens (tertiary/aromatic N) is 2. The SMILES string of the molecule is Cc1cc(C)n(CCCNC(=O)NCC(O)CC(C)C)n1. The summed E-state index contributed by atoms with van der Waals surface area (Å²) in [4.78, 5) is 11.6. The molecule has 0 fully saturated rings. The van der Waals surface area contributed by atoms with E-state index >= 15 is 0 Å². The standard InChI is InChI=1S/C15H28N4O2/c1-11(2)8-14(20)10-17-15(21)16-6-5-7-19-13(4)9-12(3)18-19/h9,11,14,20H,5-8,10H2,1-4H3,(H2,16,17,21). The van der Waals surface area contributed by atoms with Crippen LogP contribution < -0.4 is 10.6 Å². The van der Waals surface area contributed by atoms with Crippen LogP contribution in [0.5, 0.6) is 0 Å². The van der Waals surface area contributed by atoms with E-state index in [1.165, 1.54) is 0 Å². The average Bonchev–Trinajstić information content (AvgIpc) is 2.70. The van der Waals surface area contributed by atoms with E-state index in [0.29, 0.717) is 25.4 Å². The van der Waals surface area contributed by atoms with Crippen LogP contribution in [0.2, 0.25) is 0 Å². The first-order valence-electron chi connectivity index (χ1n) is 7.59.